The minimum absolute atomic E-state index is 0.222. The molecule has 1 fully saturated rings. The molecule has 1 aromatic carbocycles. The van der Waals surface area contributed by atoms with Crippen molar-refractivity contribution < 1.29 is 9.59 Å². The summed E-state index contributed by atoms with van der Waals surface area (Å²) in [5.74, 6) is -0.641. The number of piperazine rings is 1. The quantitative estimate of drug-likeness (QED) is 0.902. The molecular weight excluding hydrogens is 340 g/mol. The number of aromatic nitrogens is 1. The average molecular weight is 361 g/mol. The molecule has 0 atom stereocenters. The van der Waals surface area contributed by atoms with Gasteiger partial charge in [0.15, 0.2) is 0 Å². The molecule has 6 nitrogen and oxygen atoms in total. The van der Waals surface area contributed by atoms with Gasteiger partial charge in [-0.3, -0.25) is 19.8 Å². The fraction of sp³-hybridized carbons (Fsp3) is 0.333. The summed E-state index contributed by atoms with van der Waals surface area (Å²) in [7, 11) is 1.77. The molecule has 0 aliphatic carbocycles. The van der Waals surface area contributed by atoms with E-state index in [1.54, 1.807) is 29.9 Å². The number of aryl methyl sites for hydroxylation is 1. The van der Waals surface area contributed by atoms with Crippen molar-refractivity contribution in [3.63, 3.8) is 0 Å². The average Bonchev–Trinajstić information content (AvgIpc) is 3.01. The summed E-state index contributed by atoms with van der Waals surface area (Å²) in [6.45, 7) is 3.38. The lowest BCUT2D eigenvalue weighted by Gasteiger charge is -2.35. The second-order valence-electron chi connectivity index (χ2n) is 6.12. The Bertz CT molecular complexity index is 766. The van der Waals surface area contributed by atoms with Gasteiger partial charge in [-0.05, 0) is 30.3 Å². The van der Waals surface area contributed by atoms with Crippen LogP contribution in [0.3, 0.4) is 0 Å². The Morgan fingerprint density at radius 2 is 1.88 bits per heavy atom. The van der Waals surface area contributed by atoms with E-state index in [0.29, 0.717) is 5.69 Å². The van der Waals surface area contributed by atoms with E-state index < -0.39 is 0 Å². The number of benzene rings is 1. The SMILES string of the molecule is Cn1cccc1C(=O)NC(=O)CN1CCN(c2cccc(Cl)c2)CC1. The molecule has 1 aromatic heterocycles. The minimum atomic E-state index is -0.366. The molecule has 2 aromatic rings. The normalized spacial score (nSPS) is 15.2. The number of amides is 2. The Morgan fingerprint density at radius 1 is 1.12 bits per heavy atom. The van der Waals surface area contributed by atoms with Gasteiger partial charge >= 0.3 is 0 Å². The van der Waals surface area contributed by atoms with Crippen LogP contribution in [0.4, 0.5) is 5.69 Å². The number of hydrogen-bond donors (Lipinski definition) is 1. The van der Waals surface area contributed by atoms with Crippen molar-refractivity contribution in [2.45, 2.75) is 0 Å². The first-order chi connectivity index (χ1) is 12.0. The first-order valence-electron chi connectivity index (χ1n) is 8.21. The lowest BCUT2D eigenvalue weighted by molar-refractivity contribution is -0.121. The van der Waals surface area contributed by atoms with E-state index >= 15 is 0 Å². The van der Waals surface area contributed by atoms with E-state index in [4.69, 9.17) is 11.6 Å². The minimum Gasteiger partial charge on any atom is -0.369 e. The Morgan fingerprint density at radius 3 is 2.52 bits per heavy atom. The van der Waals surface area contributed by atoms with Gasteiger partial charge in [-0.15, -0.1) is 0 Å². The Kier molecular flexibility index (Phi) is 5.40. The van der Waals surface area contributed by atoms with Gasteiger partial charge in [-0.1, -0.05) is 17.7 Å². The van der Waals surface area contributed by atoms with Crippen LogP contribution in [0.2, 0.25) is 5.02 Å². The zero-order chi connectivity index (χ0) is 17.8. The number of halogens is 1. The number of hydrogen-bond acceptors (Lipinski definition) is 4. The summed E-state index contributed by atoms with van der Waals surface area (Å²) >= 11 is 6.04. The topological polar surface area (TPSA) is 57.6 Å². The van der Waals surface area contributed by atoms with Gasteiger partial charge in [0.25, 0.3) is 5.91 Å². The maximum atomic E-state index is 12.1. The second-order valence-corrected chi connectivity index (χ2v) is 6.56. The zero-order valence-corrected chi connectivity index (χ0v) is 14.9. The molecule has 1 N–H and O–H groups in total. The fourth-order valence-corrected chi connectivity index (χ4v) is 3.15. The molecular formula is C18H21ClN4O2. The predicted molar refractivity (Wildman–Crippen MR) is 98.0 cm³/mol. The third kappa shape index (κ3) is 4.41. The highest BCUT2D eigenvalue weighted by atomic mass is 35.5. The Labute approximate surface area is 152 Å². The fourth-order valence-electron chi connectivity index (χ4n) is 2.97. The Balaban J connectivity index is 1.48. The van der Waals surface area contributed by atoms with Crippen LogP contribution in [0.15, 0.2) is 42.6 Å². The highest BCUT2D eigenvalue weighted by Crippen LogP contribution is 2.20. The van der Waals surface area contributed by atoms with E-state index in [1.807, 2.05) is 24.3 Å². The first-order valence-corrected chi connectivity index (χ1v) is 8.59. The second kappa shape index (κ2) is 7.72. The number of rotatable bonds is 4. The molecule has 0 radical (unpaired) electrons. The van der Waals surface area contributed by atoms with Crippen LogP contribution < -0.4 is 10.2 Å². The smallest absolute Gasteiger partial charge is 0.274 e. The van der Waals surface area contributed by atoms with Crippen LogP contribution in [-0.4, -0.2) is 54.0 Å². The molecule has 0 spiro atoms. The summed E-state index contributed by atoms with van der Waals surface area (Å²) in [5.41, 5.74) is 1.56. The van der Waals surface area contributed by atoms with Gasteiger partial charge in [-0.25, -0.2) is 0 Å². The highest BCUT2D eigenvalue weighted by Gasteiger charge is 2.21. The number of imide groups is 1. The van der Waals surface area contributed by atoms with E-state index in [0.717, 1.165) is 36.9 Å². The third-order valence-electron chi connectivity index (χ3n) is 4.34. The predicted octanol–water partition coefficient (Wildman–Crippen LogP) is 1.76. The lowest BCUT2D eigenvalue weighted by Crippen LogP contribution is -2.50. The summed E-state index contributed by atoms with van der Waals surface area (Å²) in [6.07, 6.45) is 1.77. The van der Waals surface area contributed by atoms with Gasteiger partial charge in [0.1, 0.15) is 5.69 Å². The van der Waals surface area contributed by atoms with Crippen molar-refractivity contribution >= 4 is 29.1 Å². The standard InChI is InChI=1S/C18H21ClN4O2/c1-21-7-3-6-16(21)18(25)20-17(24)13-22-8-10-23(11-9-22)15-5-2-4-14(19)12-15/h2-7,12H,8-11,13H2,1H3,(H,20,24,25). The van der Waals surface area contributed by atoms with Gasteiger partial charge in [0.2, 0.25) is 5.91 Å². The van der Waals surface area contributed by atoms with E-state index in [9.17, 15) is 9.59 Å². The number of carbonyl (C=O) groups is 2. The third-order valence-corrected chi connectivity index (χ3v) is 4.58. The highest BCUT2D eigenvalue weighted by molar-refractivity contribution is 6.30. The van der Waals surface area contributed by atoms with Gasteiger partial charge < -0.3 is 9.47 Å². The summed E-state index contributed by atoms with van der Waals surface area (Å²) in [4.78, 5) is 28.5. The molecule has 7 heteroatoms. The number of nitrogens with zero attached hydrogens (tertiary/aromatic N) is 3. The molecule has 132 valence electrons. The summed E-state index contributed by atoms with van der Waals surface area (Å²) in [6, 6.07) is 11.2. The summed E-state index contributed by atoms with van der Waals surface area (Å²) < 4.78 is 1.69. The molecule has 3 rings (SSSR count). The van der Waals surface area contributed by atoms with E-state index in [-0.39, 0.29) is 18.4 Å². The van der Waals surface area contributed by atoms with Gasteiger partial charge in [-0.2, -0.15) is 0 Å². The van der Waals surface area contributed by atoms with Gasteiger partial charge in [0.05, 0.1) is 6.54 Å². The van der Waals surface area contributed by atoms with Crippen molar-refractivity contribution in [2.24, 2.45) is 7.05 Å². The molecule has 1 saturated heterocycles. The monoisotopic (exact) mass is 360 g/mol. The maximum absolute atomic E-state index is 12.1. The molecule has 2 heterocycles. The molecule has 2 amide bonds. The molecule has 0 bridgehead atoms. The maximum Gasteiger partial charge on any atom is 0.274 e. The van der Waals surface area contributed by atoms with E-state index in [2.05, 4.69) is 15.1 Å². The van der Waals surface area contributed by atoms with E-state index in [1.165, 1.54) is 0 Å². The van der Waals surface area contributed by atoms with Crippen LogP contribution in [0, 0.1) is 0 Å². The Hall–Kier alpha value is -2.31. The van der Waals surface area contributed by atoms with Crippen LogP contribution in [0.1, 0.15) is 10.5 Å². The van der Waals surface area contributed by atoms with Crippen LogP contribution in [0.5, 0.6) is 0 Å². The summed E-state index contributed by atoms with van der Waals surface area (Å²) in [5, 5.41) is 3.17. The molecule has 0 unspecified atom stereocenters. The molecule has 25 heavy (non-hydrogen) atoms. The van der Waals surface area contributed by atoms with Crippen molar-refractivity contribution in [1.82, 2.24) is 14.8 Å². The molecule has 1 aliphatic heterocycles. The number of anilines is 1. The lowest BCUT2D eigenvalue weighted by atomic mass is 10.2. The van der Waals surface area contributed by atoms with Crippen LogP contribution in [-0.2, 0) is 11.8 Å². The molecule has 1 aliphatic rings. The number of nitrogens with one attached hydrogen (secondary N) is 1. The van der Waals surface area contributed by atoms with Crippen molar-refractivity contribution in [3.05, 3.63) is 53.3 Å². The first kappa shape index (κ1) is 17.5. The van der Waals surface area contributed by atoms with Crippen molar-refractivity contribution in [3.8, 4) is 0 Å². The molecule has 0 saturated carbocycles. The van der Waals surface area contributed by atoms with Crippen LogP contribution >= 0.6 is 11.6 Å². The van der Waals surface area contributed by atoms with Crippen molar-refractivity contribution in [2.75, 3.05) is 37.6 Å². The number of carbonyl (C=O) groups excluding carboxylic acids is 2. The zero-order valence-electron chi connectivity index (χ0n) is 14.1. The largest absolute Gasteiger partial charge is 0.369 e. The van der Waals surface area contributed by atoms with Gasteiger partial charge in [0, 0.05) is 50.1 Å². The van der Waals surface area contributed by atoms with Crippen LogP contribution in [0.25, 0.3) is 0 Å². The van der Waals surface area contributed by atoms with Crippen molar-refractivity contribution in [1.29, 1.82) is 0 Å².